The molecular formula is C22H23F2N3O4S. The van der Waals surface area contributed by atoms with Crippen molar-refractivity contribution in [1.82, 2.24) is 4.31 Å². The lowest BCUT2D eigenvalue weighted by molar-refractivity contribution is -0.121. The van der Waals surface area contributed by atoms with Crippen LogP contribution in [0.5, 0.6) is 0 Å². The fourth-order valence-electron chi connectivity index (χ4n) is 3.68. The van der Waals surface area contributed by atoms with Gasteiger partial charge in [-0.25, -0.2) is 17.2 Å². The number of anilines is 2. The zero-order valence-electron chi connectivity index (χ0n) is 17.2. The summed E-state index contributed by atoms with van der Waals surface area (Å²) in [6.07, 6.45) is 2.28. The predicted molar refractivity (Wildman–Crippen MR) is 114 cm³/mol. The lowest BCUT2D eigenvalue weighted by Crippen LogP contribution is -2.41. The highest BCUT2D eigenvalue weighted by atomic mass is 32.2. The van der Waals surface area contributed by atoms with Crippen molar-refractivity contribution < 1.29 is 26.8 Å². The number of carbonyl (C=O) groups excluding carboxylic acids is 2. The van der Waals surface area contributed by atoms with E-state index in [4.69, 9.17) is 0 Å². The molecule has 0 aromatic heterocycles. The van der Waals surface area contributed by atoms with Crippen molar-refractivity contribution >= 4 is 33.2 Å². The van der Waals surface area contributed by atoms with Gasteiger partial charge in [0.2, 0.25) is 21.8 Å². The summed E-state index contributed by atoms with van der Waals surface area (Å²) in [5, 5.41) is 5.63. The maximum absolute atomic E-state index is 14.0. The van der Waals surface area contributed by atoms with Gasteiger partial charge in [0.25, 0.3) is 0 Å². The van der Waals surface area contributed by atoms with Gasteiger partial charge in [-0.2, -0.15) is 4.31 Å². The predicted octanol–water partition coefficient (Wildman–Crippen LogP) is 3.35. The molecule has 2 aliphatic rings. The van der Waals surface area contributed by atoms with Crippen LogP contribution < -0.4 is 10.6 Å². The van der Waals surface area contributed by atoms with Gasteiger partial charge in [-0.15, -0.1) is 0 Å². The number of rotatable bonds is 6. The number of hydrogen-bond donors (Lipinski definition) is 2. The van der Waals surface area contributed by atoms with E-state index in [9.17, 15) is 26.8 Å². The molecular weight excluding hydrogens is 440 g/mol. The van der Waals surface area contributed by atoms with Gasteiger partial charge >= 0.3 is 0 Å². The molecule has 170 valence electrons. The highest BCUT2D eigenvalue weighted by molar-refractivity contribution is 7.89. The molecule has 32 heavy (non-hydrogen) atoms. The standard InChI is InChI=1S/C22H23F2N3O4S/c23-16-6-7-19(24)20(12-16)32(30,31)27-10-8-15(9-11-27)22(29)26-18-3-1-2-17(13-18)25-21(28)14-4-5-14/h1-3,6-7,12-15H,4-5,8-11H2,(H,25,28)(H,26,29). The summed E-state index contributed by atoms with van der Waals surface area (Å²) < 4.78 is 53.9. The second-order valence-electron chi connectivity index (χ2n) is 8.09. The minimum absolute atomic E-state index is 0.0217. The molecule has 1 aliphatic heterocycles. The second kappa shape index (κ2) is 8.95. The van der Waals surface area contributed by atoms with E-state index >= 15 is 0 Å². The first kappa shape index (κ1) is 22.3. The van der Waals surface area contributed by atoms with Crippen LogP contribution in [0.25, 0.3) is 0 Å². The van der Waals surface area contributed by atoms with E-state index in [1.54, 1.807) is 24.3 Å². The van der Waals surface area contributed by atoms with Crippen LogP contribution in [0.4, 0.5) is 20.2 Å². The van der Waals surface area contributed by atoms with E-state index in [0.717, 1.165) is 29.3 Å². The summed E-state index contributed by atoms with van der Waals surface area (Å²) in [6.45, 7) is 0.0434. The zero-order chi connectivity index (χ0) is 22.9. The van der Waals surface area contributed by atoms with Gasteiger partial charge in [0.1, 0.15) is 16.5 Å². The third kappa shape index (κ3) is 4.97. The number of sulfonamides is 1. The Bertz CT molecular complexity index is 1140. The highest BCUT2D eigenvalue weighted by Crippen LogP contribution is 2.31. The van der Waals surface area contributed by atoms with Crippen LogP contribution in [0, 0.1) is 23.5 Å². The molecule has 0 spiro atoms. The van der Waals surface area contributed by atoms with E-state index in [1.807, 2.05) is 0 Å². The molecule has 2 amide bonds. The van der Waals surface area contributed by atoms with Crippen molar-refractivity contribution in [3.05, 3.63) is 54.1 Å². The first-order chi connectivity index (χ1) is 15.2. The molecule has 0 atom stereocenters. The van der Waals surface area contributed by atoms with Crippen LogP contribution in [0.3, 0.4) is 0 Å². The Morgan fingerprint density at radius 1 is 0.844 bits per heavy atom. The first-order valence-corrected chi connectivity index (χ1v) is 11.8. The summed E-state index contributed by atoms with van der Waals surface area (Å²) >= 11 is 0. The molecule has 0 bridgehead atoms. The molecule has 2 aromatic rings. The van der Waals surface area contributed by atoms with Crippen molar-refractivity contribution in [2.75, 3.05) is 23.7 Å². The Labute approximate surface area is 184 Å². The first-order valence-electron chi connectivity index (χ1n) is 10.4. The van der Waals surface area contributed by atoms with E-state index in [0.29, 0.717) is 17.4 Å². The molecule has 1 saturated heterocycles. The summed E-state index contributed by atoms with van der Waals surface area (Å²) in [6, 6.07) is 9.15. The highest BCUT2D eigenvalue weighted by Gasteiger charge is 2.34. The summed E-state index contributed by atoms with van der Waals surface area (Å²) in [7, 11) is -4.20. The van der Waals surface area contributed by atoms with Crippen LogP contribution in [0.1, 0.15) is 25.7 Å². The molecule has 1 aliphatic carbocycles. The summed E-state index contributed by atoms with van der Waals surface area (Å²) in [4.78, 5) is 23.9. The minimum atomic E-state index is -4.20. The van der Waals surface area contributed by atoms with E-state index in [-0.39, 0.29) is 43.7 Å². The minimum Gasteiger partial charge on any atom is -0.326 e. The molecule has 2 N–H and O–H groups in total. The number of hydrogen-bond acceptors (Lipinski definition) is 4. The molecule has 1 saturated carbocycles. The molecule has 0 unspecified atom stereocenters. The number of carbonyl (C=O) groups is 2. The molecule has 0 radical (unpaired) electrons. The lowest BCUT2D eigenvalue weighted by atomic mass is 9.97. The Hall–Kier alpha value is -2.85. The average molecular weight is 464 g/mol. The quantitative estimate of drug-likeness (QED) is 0.687. The van der Waals surface area contributed by atoms with Gasteiger partial charge in [-0.05, 0) is 62.1 Å². The molecule has 2 fully saturated rings. The summed E-state index contributed by atoms with van der Waals surface area (Å²) in [5.41, 5.74) is 1.12. The number of amides is 2. The Balaban J connectivity index is 1.35. The van der Waals surface area contributed by atoms with Crippen LogP contribution in [0.15, 0.2) is 47.4 Å². The second-order valence-corrected chi connectivity index (χ2v) is 9.99. The fourth-order valence-corrected chi connectivity index (χ4v) is 5.23. The van der Waals surface area contributed by atoms with Crippen LogP contribution in [-0.4, -0.2) is 37.6 Å². The topological polar surface area (TPSA) is 95.6 Å². The smallest absolute Gasteiger partial charge is 0.246 e. The Morgan fingerprint density at radius 3 is 1.97 bits per heavy atom. The van der Waals surface area contributed by atoms with Crippen molar-refractivity contribution in [3.63, 3.8) is 0 Å². The van der Waals surface area contributed by atoms with Crippen LogP contribution in [0.2, 0.25) is 0 Å². The van der Waals surface area contributed by atoms with Gasteiger partial charge in [-0.3, -0.25) is 9.59 Å². The van der Waals surface area contributed by atoms with Gasteiger partial charge < -0.3 is 10.6 Å². The SMILES string of the molecule is O=C(Nc1cccc(NC(=O)C2CCN(S(=O)(=O)c3cc(F)ccc3F)CC2)c1)C1CC1. The number of halogens is 2. The monoisotopic (exact) mass is 463 g/mol. The average Bonchev–Trinajstić information content (AvgIpc) is 3.61. The van der Waals surface area contributed by atoms with Gasteiger partial charge in [-0.1, -0.05) is 6.07 Å². The Morgan fingerprint density at radius 2 is 1.41 bits per heavy atom. The third-order valence-electron chi connectivity index (χ3n) is 5.68. The normalized spacial score (nSPS) is 17.7. The molecule has 1 heterocycles. The summed E-state index contributed by atoms with van der Waals surface area (Å²) in [5.74, 6) is -2.50. The van der Waals surface area contributed by atoms with Gasteiger partial charge in [0, 0.05) is 36.3 Å². The van der Waals surface area contributed by atoms with Crippen molar-refractivity contribution in [1.29, 1.82) is 0 Å². The lowest BCUT2D eigenvalue weighted by Gasteiger charge is -2.30. The van der Waals surface area contributed by atoms with Gasteiger partial charge in [0.15, 0.2) is 0 Å². The number of benzene rings is 2. The number of nitrogens with one attached hydrogen (secondary N) is 2. The van der Waals surface area contributed by atoms with E-state index in [2.05, 4.69) is 10.6 Å². The fraction of sp³-hybridized carbons (Fsp3) is 0.364. The molecule has 7 nitrogen and oxygen atoms in total. The van der Waals surface area contributed by atoms with Gasteiger partial charge in [0.05, 0.1) is 0 Å². The van der Waals surface area contributed by atoms with Crippen LogP contribution >= 0.6 is 0 Å². The third-order valence-corrected chi connectivity index (χ3v) is 7.60. The van der Waals surface area contributed by atoms with Crippen molar-refractivity contribution in [2.45, 2.75) is 30.6 Å². The van der Waals surface area contributed by atoms with Crippen molar-refractivity contribution in [3.8, 4) is 0 Å². The maximum Gasteiger partial charge on any atom is 0.246 e. The molecule has 10 heteroatoms. The Kier molecular flexibility index (Phi) is 6.25. The van der Waals surface area contributed by atoms with Crippen molar-refractivity contribution in [2.24, 2.45) is 11.8 Å². The molecule has 2 aromatic carbocycles. The van der Waals surface area contributed by atoms with E-state index in [1.165, 1.54) is 0 Å². The molecule has 4 rings (SSSR count). The zero-order valence-corrected chi connectivity index (χ0v) is 18.0. The van der Waals surface area contributed by atoms with Crippen LogP contribution in [-0.2, 0) is 19.6 Å². The van der Waals surface area contributed by atoms with E-state index < -0.39 is 32.5 Å². The number of piperidine rings is 1. The maximum atomic E-state index is 14.0. The largest absolute Gasteiger partial charge is 0.326 e. The number of nitrogens with zero attached hydrogens (tertiary/aromatic N) is 1.